The van der Waals surface area contributed by atoms with E-state index in [0.717, 1.165) is 48.1 Å². The molecule has 2 heterocycles. The van der Waals surface area contributed by atoms with E-state index in [9.17, 15) is 9.59 Å². The summed E-state index contributed by atoms with van der Waals surface area (Å²) in [5, 5.41) is 7.52. The van der Waals surface area contributed by atoms with Crippen LogP contribution in [0.3, 0.4) is 0 Å². The minimum atomic E-state index is -0.445. The first-order valence-corrected chi connectivity index (χ1v) is 10.4. The standard InChI is InChI=1S/C24H23N3O3/c28-22-15-16-7-1-4-10-19(16)26-27(22)14-13-25-24(29)23-17-8-2-5-11-20(17)30-21-12-6-3-9-18(21)23/h2-3,5-6,8-9,11-12,15,23H,1,4,7,10,13-14H2,(H,25,29). The van der Waals surface area contributed by atoms with Crippen molar-refractivity contribution in [3.05, 3.63) is 87.3 Å². The zero-order chi connectivity index (χ0) is 20.5. The van der Waals surface area contributed by atoms with Crippen LogP contribution in [-0.2, 0) is 24.2 Å². The first-order chi connectivity index (χ1) is 14.7. The van der Waals surface area contributed by atoms with Gasteiger partial charge in [-0.2, -0.15) is 5.10 Å². The van der Waals surface area contributed by atoms with Crippen LogP contribution in [0.5, 0.6) is 11.5 Å². The van der Waals surface area contributed by atoms with Crippen molar-refractivity contribution >= 4 is 5.91 Å². The van der Waals surface area contributed by atoms with Crippen LogP contribution >= 0.6 is 0 Å². The third kappa shape index (κ3) is 3.38. The van der Waals surface area contributed by atoms with Crippen molar-refractivity contribution in [2.24, 2.45) is 0 Å². The minimum absolute atomic E-state index is 0.105. The van der Waals surface area contributed by atoms with E-state index in [4.69, 9.17) is 4.74 Å². The lowest BCUT2D eigenvalue weighted by atomic mass is 9.87. The molecular formula is C24H23N3O3. The van der Waals surface area contributed by atoms with Gasteiger partial charge in [0.05, 0.1) is 18.2 Å². The van der Waals surface area contributed by atoms with Crippen molar-refractivity contribution in [2.75, 3.05) is 6.54 Å². The Kier molecular flexibility index (Phi) is 4.83. The average Bonchev–Trinajstić information content (AvgIpc) is 2.77. The van der Waals surface area contributed by atoms with Crippen LogP contribution in [0, 0.1) is 0 Å². The summed E-state index contributed by atoms with van der Waals surface area (Å²) in [5.41, 5.74) is 3.67. The Balaban J connectivity index is 1.34. The van der Waals surface area contributed by atoms with Crippen molar-refractivity contribution in [2.45, 2.75) is 38.1 Å². The number of para-hydroxylation sites is 2. The first kappa shape index (κ1) is 18.6. The molecule has 3 aromatic rings. The van der Waals surface area contributed by atoms with Crippen molar-refractivity contribution in [1.82, 2.24) is 15.1 Å². The van der Waals surface area contributed by atoms with Crippen LogP contribution in [-0.4, -0.2) is 22.2 Å². The fraction of sp³-hybridized carbons (Fsp3) is 0.292. The number of benzene rings is 2. The lowest BCUT2D eigenvalue weighted by molar-refractivity contribution is -0.121. The molecule has 1 amide bonds. The number of rotatable bonds is 4. The Morgan fingerprint density at radius 3 is 2.43 bits per heavy atom. The van der Waals surface area contributed by atoms with Gasteiger partial charge in [-0.1, -0.05) is 36.4 Å². The predicted octanol–water partition coefficient (Wildman–Crippen LogP) is 3.18. The van der Waals surface area contributed by atoms with Gasteiger partial charge in [-0.15, -0.1) is 0 Å². The Morgan fingerprint density at radius 1 is 1.03 bits per heavy atom. The highest BCUT2D eigenvalue weighted by Gasteiger charge is 2.32. The number of carbonyl (C=O) groups is 1. The molecule has 2 aromatic carbocycles. The molecule has 152 valence electrons. The second-order valence-electron chi connectivity index (χ2n) is 7.79. The van der Waals surface area contributed by atoms with Crippen molar-refractivity contribution < 1.29 is 9.53 Å². The summed E-state index contributed by atoms with van der Waals surface area (Å²) in [5.74, 6) is 0.844. The number of carbonyl (C=O) groups excluding carboxylic acids is 1. The Labute approximate surface area is 174 Å². The lowest BCUT2D eigenvalue weighted by Gasteiger charge is -2.27. The summed E-state index contributed by atoms with van der Waals surface area (Å²) in [6, 6.07) is 16.9. The second kappa shape index (κ2) is 7.78. The van der Waals surface area contributed by atoms with Gasteiger partial charge in [-0.05, 0) is 43.4 Å². The molecule has 2 aliphatic rings. The fourth-order valence-corrected chi connectivity index (χ4v) is 4.34. The summed E-state index contributed by atoms with van der Waals surface area (Å²) < 4.78 is 7.43. The highest BCUT2D eigenvalue weighted by atomic mass is 16.5. The number of hydrogen-bond acceptors (Lipinski definition) is 4. The molecule has 1 N–H and O–H groups in total. The summed E-state index contributed by atoms with van der Waals surface area (Å²) in [4.78, 5) is 25.5. The van der Waals surface area contributed by atoms with Crippen LogP contribution in [0.2, 0.25) is 0 Å². The van der Waals surface area contributed by atoms with Crippen LogP contribution in [0.15, 0.2) is 59.4 Å². The molecule has 0 saturated carbocycles. The topological polar surface area (TPSA) is 73.2 Å². The fourth-order valence-electron chi connectivity index (χ4n) is 4.34. The first-order valence-electron chi connectivity index (χ1n) is 10.4. The van der Waals surface area contributed by atoms with E-state index in [1.807, 2.05) is 48.5 Å². The highest BCUT2D eigenvalue weighted by molar-refractivity contribution is 5.89. The van der Waals surface area contributed by atoms with E-state index < -0.39 is 5.92 Å². The van der Waals surface area contributed by atoms with Crippen molar-refractivity contribution in [3.63, 3.8) is 0 Å². The highest BCUT2D eigenvalue weighted by Crippen LogP contribution is 2.43. The maximum absolute atomic E-state index is 13.2. The van der Waals surface area contributed by atoms with Gasteiger partial charge in [0.15, 0.2) is 0 Å². The van der Waals surface area contributed by atoms with E-state index >= 15 is 0 Å². The summed E-state index contributed by atoms with van der Waals surface area (Å²) in [7, 11) is 0. The quantitative estimate of drug-likeness (QED) is 0.729. The average molecular weight is 401 g/mol. The number of aryl methyl sites for hydroxylation is 2. The van der Waals surface area contributed by atoms with E-state index in [-0.39, 0.29) is 11.5 Å². The van der Waals surface area contributed by atoms with Gasteiger partial charge in [0.2, 0.25) is 5.91 Å². The summed E-state index contributed by atoms with van der Waals surface area (Å²) in [6.07, 6.45) is 4.06. The van der Waals surface area contributed by atoms with Crippen molar-refractivity contribution in [1.29, 1.82) is 0 Å². The number of hydrogen-bond donors (Lipinski definition) is 1. The van der Waals surface area contributed by atoms with Gasteiger partial charge in [-0.3, -0.25) is 9.59 Å². The van der Waals surface area contributed by atoms with Crippen LogP contribution in [0.4, 0.5) is 0 Å². The van der Waals surface area contributed by atoms with Gasteiger partial charge < -0.3 is 10.1 Å². The molecule has 6 heteroatoms. The Hall–Kier alpha value is -3.41. The summed E-state index contributed by atoms with van der Waals surface area (Å²) in [6.45, 7) is 0.691. The van der Waals surface area contributed by atoms with E-state index in [1.54, 1.807) is 6.07 Å². The van der Waals surface area contributed by atoms with E-state index in [2.05, 4.69) is 10.4 Å². The van der Waals surface area contributed by atoms with Gasteiger partial charge in [0, 0.05) is 23.7 Å². The van der Waals surface area contributed by atoms with E-state index in [1.165, 1.54) is 4.68 Å². The molecular weight excluding hydrogens is 378 g/mol. The number of fused-ring (bicyclic) bond motifs is 3. The molecule has 0 fully saturated rings. The molecule has 0 radical (unpaired) electrons. The second-order valence-corrected chi connectivity index (χ2v) is 7.79. The van der Waals surface area contributed by atoms with Gasteiger partial charge in [0.1, 0.15) is 11.5 Å². The third-order valence-electron chi connectivity index (χ3n) is 5.84. The van der Waals surface area contributed by atoms with Crippen LogP contribution in [0.1, 0.15) is 41.1 Å². The minimum Gasteiger partial charge on any atom is -0.457 e. The predicted molar refractivity (Wildman–Crippen MR) is 113 cm³/mol. The molecule has 0 unspecified atom stereocenters. The monoisotopic (exact) mass is 401 g/mol. The van der Waals surface area contributed by atoms with E-state index in [0.29, 0.717) is 24.6 Å². The number of aromatic nitrogens is 2. The summed E-state index contributed by atoms with van der Waals surface area (Å²) >= 11 is 0. The normalized spacial score (nSPS) is 14.8. The number of nitrogens with one attached hydrogen (secondary N) is 1. The molecule has 1 aromatic heterocycles. The van der Waals surface area contributed by atoms with Gasteiger partial charge in [-0.25, -0.2) is 4.68 Å². The molecule has 30 heavy (non-hydrogen) atoms. The molecule has 1 aliphatic carbocycles. The molecule has 0 bridgehead atoms. The maximum atomic E-state index is 13.2. The Bertz CT molecular complexity index is 1120. The number of ether oxygens (including phenoxy) is 1. The molecule has 0 saturated heterocycles. The largest absolute Gasteiger partial charge is 0.457 e. The third-order valence-corrected chi connectivity index (χ3v) is 5.84. The molecule has 6 nitrogen and oxygen atoms in total. The van der Waals surface area contributed by atoms with Crippen LogP contribution < -0.4 is 15.6 Å². The van der Waals surface area contributed by atoms with Crippen molar-refractivity contribution in [3.8, 4) is 11.5 Å². The molecule has 1 aliphatic heterocycles. The Morgan fingerprint density at radius 2 is 1.70 bits per heavy atom. The van der Waals surface area contributed by atoms with Gasteiger partial charge >= 0.3 is 0 Å². The molecule has 5 rings (SSSR count). The SMILES string of the molecule is O=C(NCCn1nc2c(cc1=O)CCCC2)C1c2ccccc2Oc2ccccc21. The molecule has 0 spiro atoms. The smallest absolute Gasteiger partial charge is 0.267 e. The number of nitrogens with zero attached hydrogens (tertiary/aromatic N) is 2. The maximum Gasteiger partial charge on any atom is 0.267 e. The number of amides is 1. The van der Waals surface area contributed by atoms with Crippen LogP contribution in [0.25, 0.3) is 0 Å². The lowest BCUT2D eigenvalue weighted by Crippen LogP contribution is -2.36. The molecule has 0 atom stereocenters. The van der Waals surface area contributed by atoms with Gasteiger partial charge in [0.25, 0.3) is 5.56 Å². The zero-order valence-electron chi connectivity index (χ0n) is 16.6. The zero-order valence-corrected chi connectivity index (χ0v) is 16.6.